The van der Waals surface area contributed by atoms with Crippen molar-refractivity contribution < 1.29 is 27.1 Å². The Labute approximate surface area is 117 Å². The molecule has 0 heterocycles. The second-order valence-corrected chi connectivity index (χ2v) is 4.58. The van der Waals surface area contributed by atoms with Gasteiger partial charge in [0.05, 0.1) is 11.7 Å². The van der Waals surface area contributed by atoms with Gasteiger partial charge in [-0.1, -0.05) is 18.2 Å². The first-order valence-corrected chi connectivity index (χ1v) is 6.06. The van der Waals surface area contributed by atoms with E-state index in [9.17, 15) is 27.1 Å². The molecule has 2 rings (SSSR count). The molecular weight excluding hydrogens is 291 g/mol. The topological polar surface area (TPSA) is 20.2 Å². The molecule has 0 radical (unpaired) electrons. The van der Waals surface area contributed by atoms with Gasteiger partial charge >= 0.3 is 6.18 Å². The van der Waals surface area contributed by atoms with Gasteiger partial charge < -0.3 is 5.11 Å². The van der Waals surface area contributed by atoms with Crippen LogP contribution in [0.2, 0.25) is 0 Å². The Morgan fingerprint density at radius 2 is 1.67 bits per heavy atom. The first-order chi connectivity index (χ1) is 9.77. The monoisotopic (exact) mass is 302 g/mol. The molecule has 0 spiro atoms. The highest BCUT2D eigenvalue weighted by Crippen LogP contribution is 2.32. The minimum absolute atomic E-state index is 0.141. The van der Waals surface area contributed by atoms with Crippen molar-refractivity contribution in [3.8, 4) is 0 Å². The van der Waals surface area contributed by atoms with Gasteiger partial charge in [-0.2, -0.15) is 13.2 Å². The molecule has 0 bridgehead atoms. The summed E-state index contributed by atoms with van der Waals surface area (Å²) in [5, 5.41) is 9.91. The molecule has 1 nitrogen and oxygen atoms in total. The van der Waals surface area contributed by atoms with Crippen LogP contribution >= 0.6 is 0 Å². The quantitative estimate of drug-likeness (QED) is 0.840. The first kappa shape index (κ1) is 15.4. The highest BCUT2D eigenvalue weighted by atomic mass is 19.4. The summed E-state index contributed by atoms with van der Waals surface area (Å²) < 4.78 is 64.5. The van der Waals surface area contributed by atoms with E-state index in [1.54, 1.807) is 0 Å². The van der Waals surface area contributed by atoms with Gasteiger partial charge in [0, 0.05) is 6.42 Å². The lowest BCUT2D eigenvalue weighted by Gasteiger charge is -2.14. The Balaban J connectivity index is 2.29. The summed E-state index contributed by atoms with van der Waals surface area (Å²) in [7, 11) is 0. The SMILES string of the molecule is OC(Cc1ccccc1F)c1cc(F)cc(C(F)(F)F)c1. The Morgan fingerprint density at radius 3 is 2.29 bits per heavy atom. The average Bonchev–Trinajstić information content (AvgIpc) is 2.39. The van der Waals surface area contributed by atoms with Crippen LogP contribution in [0.25, 0.3) is 0 Å². The van der Waals surface area contributed by atoms with Gasteiger partial charge in [-0.15, -0.1) is 0 Å². The van der Waals surface area contributed by atoms with Crippen molar-refractivity contribution in [2.75, 3.05) is 0 Å². The van der Waals surface area contributed by atoms with E-state index in [2.05, 4.69) is 0 Å². The summed E-state index contributed by atoms with van der Waals surface area (Å²) in [6.45, 7) is 0. The zero-order chi connectivity index (χ0) is 15.6. The van der Waals surface area contributed by atoms with Gasteiger partial charge in [-0.05, 0) is 35.4 Å². The summed E-state index contributed by atoms with van der Waals surface area (Å²) in [6, 6.07) is 7.39. The number of halogens is 5. The maximum absolute atomic E-state index is 13.4. The molecule has 0 aliphatic carbocycles. The molecule has 2 aromatic carbocycles. The van der Waals surface area contributed by atoms with Gasteiger partial charge in [0.1, 0.15) is 11.6 Å². The molecule has 0 saturated heterocycles. The van der Waals surface area contributed by atoms with Crippen LogP contribution in [0.1, 0.15) is 22.8 Å². The van der Waals surface area contributed by atoms with Crippen LogP contribution in [-0.2, 0) is 12.6 Å². The van der Waals surface area contributed by atoms with E-state index in [1.807, 2.05) is 0 Å². The Morgan fingerprint density at radius 1 is 1.00 bits per heavy atom. The van der Waals surface area contributed by atoms with E-state index in [1.165, 1.54) is 24.3 Å². The summed E-state index contributed by atoms with van der Waals surface area (Å²) in [4.78, 5) is 0. The lowest BCUT2D eigenvalue weighted by atomic mass is 9.99. The second-order valence-electron chi connectivity index (χ2n) is 4.58. The molecule has 112 valence electrons. The zero-order valence-corrected chi connectivity index (χ0v) is 10.7. The number of aliphatic hydroxyl groups excluding tert-OH is 1. The van der Waals surface area contributed by atoms with Crippen LogP contribution < -0.4 is 0 Å². The van der Waals surface area contributed by atoms with Gasteiger partial charge in [0.15, 0.2) is 0 Å². The number of rotatable bonds is 3. The maximum Gasteiger partial charge on any atom is 0.416 e. The van der Waals surface area contributed by atoms with Gasteiger partial charge in [0.2, 0.25) is 0 Å². The molecule has 1 N–H and O–H groups in total. The van der Waals surface area contributed by atoms with Crippen LogP contribution in [0.15, 0.2) is 42.5 Å². The van der Waals surface area contributed by atoms with Gasteiger partial charge in [0.25, 0.3) is 0 Å². The highest BCUT2D eigenvalue weighted by Gasteiger charge is 2.32. The fraction of sp³-hybridized carbons (Fsp3) is 0.200. The second kappa shape index (κ2) is 5.81. The third-order valence-electron chi connectivity index (χ3n) is 3.00. The molecule has 1 atom stereocenters. The molecule has 0 aliphatic rings. The third kappa shape index (κ3) is 3.78. The summed E-state index contributed by atoms with van der Waals surface area (Å²) in [5.41, 5.74) is -1.29. The summed E-state index contributed by atoms with van der Waals surface area (Å²) >= 11 is 0. The van der Waals surface area contributed by atoms with Crippen molar-refractivity contribution in [1.29, 1.82) is 0 Å². The van der Waals surface area contributed by atoms with E-state index >= 15 is 0 Å². The Bertz CT molecular complexity index is 636. The van der Waals surface area contributed by atoms with Gasteiger partial charge in [-0.3, -0.25) is 0 Å². The van der Waals surface area contributed by atoms with Crippen molar-refractivity contribution in [3.05, 3.63) is 70.8 Å². The van der Waals surface area contributed by atoms with Crippen molar-refractivity contribution in [1.82, 2.24) is 0 Å². The van der Waals surface area contributed by atoms with Crippen LogP contribution in [-0.4, -0.2) is 5.11 Å². The highest BCUT2D eigenvalue weighted by molar-refractivity contribution is 5.30. The van der Waals surface area contributed by atoms with E-state index in [0.717, 1.165) is 6.07 Å². The third-order valence-corrected chi connectivity index (χ3v) is 3.00. The van der Waals surface area contributed by atoms with E-state index < -0.39 is 29.5 Å². The fourth-order valence-electron chi connectivity index (χ4n) is 1.96. The summed E-state index contributed by atoms with van der Waals surface area (Å²) in [5.74, 6) is -1.68. The van der Waals surface area contributed by atoms with Crippen LogP contribution in [0.5, 0.6) is 0 Å². The largest absolute Gasteiger partial charge is 0.416 e. The Kier molecular flexibility index (Phi) is 4.27. The average molecular weight is 302 g/mol. The molecule has 2 aromatic rings. The smallest absolute Gasteiger partial charge is 0.388 e. The van der Waals surface area contributed by atoms with E-state index in [4.69, 9.17) is 0 Å². The normalized spacial score (nSPS) is 13.2. The number of hydrogen-bond acceptors (Lipinski definition) is 1. The maximum atomic E-state index is 13.4. The van der Waals surface area contributed by atoms with Crippen molar-refractivity contribution in [3.63, 3.8) is 0 Å². The van der Waals surface area contributed by atoms with Crippen molar-refractivity contribution in [2.45, 2.75) is 18.7 Å². The van der Waals surface area contributed by atoms with E-state index in [0.29, 0.717) is 12.1 Å². The summed E-state index contributed by atoms with van der Waals surface area (Å²) in [6.07, 6.45) is -6.39. The molecule has 21 heavy (non-hydrogen) atoms. The minimum atomic E-state index is -4.71. The minimum Gasteiger partial charge on any atom is -0.388 e. The molecular formula is C15H11F5O. The number of aliphatic hydroxyl groups is 1. The standard InChI is InChI=1S/C15H11F5O/c16-12-6-10(5-11(8-12)15(18,19)20)14(21)7-9-3-1-2-4-13(9)17/h1-6,8,14,21H,7H2. The first-order valence-electron chi connectivity index (χ1n) is 6.06. The lowest BCUT2D eigenvalue weighted by Crippen LogP contribution is -2.09. The zero-order valence-electron chi connectivity index (χ0n) is 10.7. The Hall–Kier alpha value is -1.95. The molecule has 0 aliphatic heterocycles. The van der Waals surface area contributed by atoms with Crippen LogP contribution in [0, 0.1) is 11.6 Å². The van der Waals surface area contributed by atoms with Crippen molar-refractivity contribution >= 4 is 0 Å². The molecule has 1 unspecified atom stereocenters. The molecule has 6 heteroatoms. The predicted octanol–water partition coefficient (Wildman–Crippen LogP) is 4.26. The molecule has 0 saturated carbocycles. The molecule has 0 fully saturated rings. The fourth-order valence-corrected chi connectivity index (χ4v) is 1.96. The predicted molar refractivity (Wildman–Crippen MR) is 66.5 cm³/mol. The number of benzene rings is 2. The van der Waals surface area contributed by atoms with Crippen LogP contribution in [0.3, 0.4) is 0 Å². The number of hydrogen-bond donors (Lipinski definition) is 1. The van der Waals surface area contributed by atoms with Crippen molar-refractivity contribution in [2.24, 2.45) is 0 Å². The molecule has 0 aromatic heterocycles. The number of alkyl halides is 3. The molecule has 0 amide bonds. The van der Waals surface area contributed by atoms with E-state index in [-0.39, 0.29) is 17.5 Å². The lowest BCUT2D eigenvalue weighted by molar-refractivity contribution is -0.137. The van der Waals surface area contributed by atoms with Crippen LogP contribution in [0.4, 0.5) is 22.0 Å². The van der Waals surface area contributed by atoms with Gasteiger partial charge in [-0.25, -0.2) is 8.78 Å².